The van der Waals surface area contributed by atoms with Gasteiger partial charge in [-0.05, 0) is 6.92 Å². The van der Waals surface area contributed by atoms with Gasteiger partial charge in [-0.2, -0.15) is 4.98 Å². The molecular formula is C8H13N5O4. The topological polar surface area (TPSA) is 125 Å². The number of hydrazine groups is 1. The molecule has 0 atom stereocenters. The molecule has 1 heterocycles. The molecule has 0 aliphatic carbocycles. The molecule has 17 heavy (non-hydrogen) atoms. The zero-order valence-corrected chi connectivity index (χ0v) is 9.47. The first-order valence-corrected chi connectivity index (χ1v) is 4.71. The van der Waals surface area contributed by atoms with Crippen molar-refractivity contribution in [2.24, 2.45) is 5.84 Å². The van der Waals surface area contributed by atoms with Gasteiger partial charge in [-0.1, -0.05) is 0 Å². The fourth-order valence-corrected chi connectivity index (χ4v) is 1.14. The number of methoxy groups -OCH3 is 1. The highest BCUT2D eigenvalue weighted by Gasteiger charge is 2.23. The number of hydrogen-bond donors (Lipinski definition) is 2. The maximum Gasteiger partial charge on any atom is 0.352 e. The fraction of sp³-hybridized carbons (Fsp3) is 0.500. The molecule has 0 aromatic carbocycles. The summed E-state index contributed by atoms with van der Waals surface area (Å²) in [4.78, 5) is 17.8. The third kappa shape index (κ3) is 3.23. The van der Waals surface area contributed by atoms with E-state index in [-0.39, 0.29) is 29.8 Å². The molecule has 94 valence electrons. The van der Waals surface area contributed by atoms with Crippen LogP contribution in [-0.2, 0) is 4.74 Å². The molecule has 9 nitrogen and oxygen atoms in total. The van der Waals surface area contributed by atoms with Gasteiger partial charge in [0.15, 0.2) is 0 Å². The molecule has 1 rings (SSSR count). The minimum atomic E-state index is -0.599. The van der Waals surface area contributed by atoms with Gasteiger partial charge in [0.05, 0.1) is 11.5 Å². The normalized spacial score (nSPS) is 10.1. The zero-order valence-electron chi connectivity index (χ0n) is 9.47. The Morgan fingerprint density at radius 3 is 2.71 bits per heavy atom. The van der Waals surface area contributed by atoms with Crippen molar-refractivity contribution < 1.29 is 14.4 Å². The van der Waals surface area contributed by atoms with Crippen LogP contribution >= 0.6 is 0 Å². The van der Waals surface area contributed by atoms with E-state index in [1.165, 1.54) is 14.0 Å². The van der Waals surface area contributed by atoms with E-state index in [0.29, 0.717) is 6.61 Å². The van der Waals surface area contributed by atoms with Gasteiger partial charge in [0.1, 0.15) is 12.3 Å². The summed E-state index contributed by atoms with van der Waals surface area (Å²) in [5.74, 6) is 5.07. The second-order valence-electron chi connectivity index (χ2n) is 3.03. The van der Waals surface area contributed by atoms with Crippen molar-refractivity contribution >= 4 is 11.6 Å². The summed E-state index contributed by atoms with van der Waals surface area (Å²) in [5.41, 5.74) is 2.10. The van der Waals surface area contributed by atoms with Crippen LogP contribution in [0, 0.1) is 17.0 Å². The molecule has 0 spiro atoms. The van der Waals surface area contributed by atoms with Crippen molar-refractivity contribution in [1.82, 2.24) is 9.97 Å². The summed E-state index contributed by atoms with van der Waals surface area (Å²) < 4.78 is 9.92. The van der Waals surface area contributed by atoms with Crippen LogP contribution < -0.4 is 16.0 Å². The van der Waals surface area contributed by atoms with Crippen LogP contribution in [0.1, 0.15) is 5.69 Å². The van der Waals surface area contributed by atoms with Crippen molar-refractivity contribution in [3.8, 4) is 5.88 Å². The highest BCUT2D eigenvalue weighted by atomic mass is 16.6. The van der Waals surface area contributed by atoms with Crippen LogP contribution in [0.3, 0.4) is 0 Å². The monoisotopic (exact) mass is 243 g/mol. The van der Waals surface area contributed by atoms with Crippen LogP contribution in [-0.4, -0.2) is 35.2 Å². The number of nitro groups is 1. The lowest BCUT2D eigenvalue weighted by atomic mass is 10.3. The van der Waals surface area contributed by atoms with E-state index >= 15 is 0 Å². The Hall–Kier alpha value is -2.00. The summed E-state index contributed by atoms with van der Waals surface area (Å²) >= 11 is 0. The van der Waals surface area contributed by atoms with Gasteiger partial charge in [0, 0.05) is 7.11 Å². The molecular weight excluding hydrogens is 230 g/mol. The Morgan fingerprint density at radius 1 is 1.47 bits per heavy atom. The molecule has 0 aliphatic heterocycles. The Balaban J connectivity index is 3.04. The van der Waals surface area contributed by atoms with Gasteiger partial charge >= 0.3 is 5.69 Å². The lowest BCUT2D eigenvalue weighted by Gasteiger charge is -2.08. The van der Waals surface area contributed by atoms with Crippen LogP contribution in [0.4, 0.5) is 11.6 Å². The van der Waals surface area contributed by atoms with Crippen molar-refractivity contribution in [2.75, 3.05) is 25.7 Å². The molecule has 0 saturated carbocycles. The number of aromatic nitrogens is 2. The fourth-order valence-electron chi connectivity index (χ4n) is 1.14. The number of rotatable bonds is 6. The van der Waals surface area contributed by atoms with Gasteiger partial charge in [0.2, 0.25) is 5.95 Å². The molecule has 0 aliphatic rings. The van der Waals surface area contributed by atoms with Crippen LogP contribution in [0.15, 0.2) is 0 Å². The number of nitrogens with one attached hydrogen (secondary N) is 1. The average Bonchev–Trinajstić information content (AvgIpc) is 2.28. The molecule has 9 heteroatoms. The Labute approximate surface area is 97.1 Å². The number of aryl methyl sites for hydroxylation is 1. The molecule has 0 unspecified atom stereocenters. The Morgan fingerprint density at radius 2 is 2.18 bits per heavy atom. The van der Waals surface area contributed by atoms with Crippen LogP contribution in [0.25, 0.3) is 0 Å². The highest BCUT2D eigenvalue weighted by molar-refractivity contribution is 5.48. The van der Waals surface area contributed by atoms with Crippen LogP contribution in [0.5, 0.6) is 5.88 Å². The number of nitrogen functional groups attached to an aromatic ring is 1. The number of anilines is 1. The van der Waals surface area contributed by atoms with Gasteiger partial charge in [-0.15, -0.1) is 0 Å². The van der Waals surface area contributed by atoms with Gasteiger partial charge < -0.3 is 9.47 Å². The van der Waals surface area contributed by atoms with E-state index in [9.17, 15) is 10.1 Å². The van der Waals surface area contributed by atoms with E-state index in [0.717, 1.165) is 0 Å². The van der Waals surface area contributed by atoms with Gasteiger partial charge in [-0.25, -0.2) is 10.8 Å². The predicted molar refractivity (Wildman–Crippen MR) is 58.6 cm³/mol. The SMILES string of the molecule is COCCOc1nc(NN)nc(C)c1[N+](=O)[O-]. The van der Waals surface area contributed by atoms with E-state index in [1.807, 2.05) is 0 Å². The van der Waals surface area contributed by atoms with Crippen molar-refractivity contribution in [2.45, 2.75) is 6.92 Å². The lowest BCUT2D eigenvalue weighted by Crippen LogP contribution is -2.14. The zero-order chi connectivity index (χ0) is 12.8. The first kappa shape index (κ1) is 13.1. The number of nitrogens with zero attached hydrogens (tertiary/aromatic N) is 3. The minimum Gasteiger partial charge on any atom is -0.470 e. The third-order valence-electron chi connectivity index (χ3n) is 1.86. The minimum absolute atomic E-state index is 0.0560. The number of nitrogens with two attached hydrogens (primary N) is 1. The summed E-state index contributed by atoms with van der Waals surface area (Å²) in [7, 11) is 1.50. The van der Waals surface area contributed by atoms with E-state index < -0.39 is 4.92 Å². The number of ether oxygens (including phenoxy) is 2. The smallest absolute Gasteiger partial charge is 0.352 e. The molecule has 1 aromatic heterocycles. The molecule has 0 fully saturated rings. The van der Waals surface area contributed by atoms with Crippen molar-refractivity contribution in [3.05, 3.63) is 15.8 Å². The molecule has 0 radical (unpaired) electrons. The second-order valence-corrected chi connectivity index (χ2v) is 3.03. The first-order chi connectivity index (χ1) is 8.10. The van der Waals surface area contributed by atoms with E-state index in [2.05, 4.69) is 15.4 Å². The predicted octanol–water partition coefficient (Wildman–Crippen LogP) is 0.00402. The lowest BCUT2D eigenvalue weighted by molar-refractivity contribution is -0.387. The highest BCUT2D eigenvalue weighted by Crippen LogP contribution is 2.28. The third-order valence-corrected chi connectivity index (χ3v) is 1.86. The largest absolute Gasteiger partial charge is 0.470 e. The molecule has 0 bridgehead atoms. The summed E-state index contributed by atoms with van der Waals surface area (Å²) in [6.45, 7) is 1.92. The van der Waals surface area contributed by atoms with E-state index in [4.69, 9.17) is 15.3 Å². The quantitative estimate of drug-likeness (QED) is 0.309. The summed E-state index contributed by atoms with van der Waals surface area (Å²) in [5, 5.41) is 10.8. The van der Waals surface area contributed by atoms with Crippen molar-refractivity contribution in [1.29, 1.82) is 0 Å². The maximum atomic E-state index is 10.8. The molecule has 0 saturated heterocycles. The summed E-state index contributed by atoms with van der Waals surface area (Å²) in [6.07, 6.45) is 0. The Kier molecular flexibility index (Phi) is 4.55. The first-order valence-electron chi connectivity index (χ1n) is 4.71. The average molecular weight is 243 g/mol. The van der Waals surface area contributed by atoms with Crippen LogP contribution in [0.2, 0.25) is 0 Å². The molecule has 3 N–H and O–H groups in total. The van der Waals surface area contributed by atoms with E-state index in [1.54, 1.807) is 0 Å². The summed E-state index contributed by atoms with van der Waals surface area (Å²) in [6, 6.07) is 0. The molecule has 0 amide bonds. The maximum absolute atomic E-state index is 10.8. The Bertz CT molecular complexity index is 411. The standard InChI is InChI=1S/C8H13N5O4/c1-5-6(13(14)15)7(17-4-3-16-2)11-8(10-5)12-9/h3-4,9H2,1-2H3,(H,10,11,12). The van der Waals surface area contributed by atoms with Gasteiger partial charge in [-0.3, -0.25) is 15.5 Å². The van der Waals surface area contributed by atoms with Gasteiger partial charge in [0.25, 0.3) is 5.88 Å². The second kappa shape index (κ2) is 5.92. The van der Waals surface area contributed by atoms with Crippen molar-refractivity contribution in [3.63, 3.8) is 0 Å². The molecule has 1 aromatic rings. The number of hydrogen-bond acceptors (Lipinski definition) is 8.